The Morgan fingerprint density at radius 2 is 2.06 bits per heavy atom. The fourth-order valence-corrected chi connectivity index (χ4v) is 1.67. The fraction of sp³-hybridized carbons (Fsp3) is 0.462. The lowest BCUT2D eigenvalue weighted by atomic mass is 9.97. The van der Waals surface area contributed by atoms with Gasteiger partial charge < -0.3 is 10.5 Å². The van der Waals surface area contributed by atoms with Crippen LogP contribution in [-0.2, 0) is 9.53 Å². The third-order valence-corrected chi connectivity index (χ3v) is 2.53. The molecule has 0 aromatic heterocycles. The SMILES string of the molecule is CCOC(=O)C[C@@H](N)c1cc(C)ccc1C.Cl. The van der Waals surface area contributed by atoms with E-state index in [1.54, 1.807) is 6.92 Å². The van der Waals surface area contributed by atoms with Crippen LogP contribution in [0.25, 0.3) is 0 Å². The van der Waals surface area contributed by atoms with Gasteiger partial charge in [0.1, 0.15) is 0 Å². The average molecular weight is 258 g/mol. The molecule has 0 aliphatic heterocycles. The molecule has 3 nitrogen and oxygen atoms in total. The Morgan fingerprint density at radius 1 is 1.41 bits per heavy atom. The molecule has 1 aromatic carbocycles. The summed E-state index contributed by atoms with van der Waals surface area (Å²) >= 11 is 0. The summed E-state index contributed by atoms with van der Waals surface area (Å²) in [5.41, 5.74) is 9.28. The molecule has 0 bridgehead atoms. The van der Waals surface area contributed by atoms with Crippen LogP contribution >= 0.6 is 12.4 Å². The van der Waals surface area contributed by atoms with Crippen LogP contribution in [-0.4, -0.2) is 12.6 Å². The van der Waals surface area contributed by atoms with E-state index in [4.69, 9.17) is 10.5 Å². The normalized spacial score (nSPS) is 11.5. The van der Waals surface area contributed by atoms with Crippen molar-refractivity contribution in [2.45, 2.75) is 33.2 Å². The summed E-state index contributed by atoms with van der Waals surface area (Å²) < 4.78 is 4.89. The van der Waals surface area contributed by atoms with Gasteiger partial charge in [-0.05, 0) is 31.9 Å². The van der Waals surface area contributed by atoms with Crippen molar-refractivity contribution >= 4 is 18.4 Å². The highest BCUT2D eigenvalue weighted by Gasteiger charge is 2.14. The van der Waals surface area contributed by atoms with E-state index in [2.05, 4.69) is 0 Å². The topological polar surface area (TPSA) is 52.3 Å². The van der Waals surface area contributed by atoms with Gasteiger partial charge in [0, 0.05) is 6.04 Å². The molecule has 0 saturated heterocycles. The molecule has 0 aliphatic carbocycles. The molecule has 1 rings (SSSR count). The number of hydrogen-bond acceptors (Lipinski definition) is 3. The summed E-state index contributed by atoms with van der Waals surface area (Å²) in [7, 11) is 0. The molecule has 1 atom stereocenters. The Labute approximate surface area is 109 Å². The molecular formula is C13H20ClNO2. The van der Waals surface area contributed by atoms with E-state index >= 15 is 0 Å². The number of benzene rings is 1. The van der Waals surface area contributed by atoms with E-state index in [0.29, 0.717) is 6.61 Å². The highest BCUT2D eigenvalue weighted by atomic mass is 35.5. The standard InChI is InChI=1S/C13H19NO2.ClH/c1-4-16-13(15)8-12(14)11-7-9(2)5-6-10(11)3;/h5-7,12H,4,8,14H2,1-3H3;1H/t12-;/m1./s1. The first-order chi connectivity index (χ1) is 7.54. The van der Waals surface area contributed by atoms with Crippen molar-refractivity contribution < 1.29 is 9.53 Å². The molecule has 0 unspecified atom stereocenters. The zero-order valence-corrected chi connectivity index (χ0v) is 11.3. The molecule has 2 N–H and O–H groups in total. The summed E-state index contributed by atoms with van der Waals surface area (Å²) in [6.07, 6.45) is 0.234. The molecule has 0 aliphatic rings. The fourth-order valence-electron chi connectivity index (χ4n) is 1.67. The van der Waals surface area contributed by atoms with Crippen molar-refractivity contribution in [2.75, 3.05) is 6.61 Å². The number of esters is 1. The van der Waals surface area contributed by atoms with Crippen LogP contribution in [0.3, 0.4) is 0 Å². The van der Waals surface area contributed by atoms with Gasteiger partial charge in [-0.3, -0.25) is 4.79 Å². The Bertz CT molecular complexity index is 380. The summed E-state index contributed by atoms with van der Waals surface area (Å²) in [5.74, 6) is -0.240. The van der Waals surface area contributed by atoms with Crippen molar-refractivity contribution in [3.05, 3.63) is 34.9 Å². The largest absolute Gasteiger partial charge is 0.466 e. The van der Waals surface area contributed by atoms with Crippen molar-refractivity contribution in [3.8, 4) is 0 Å². The summed E-state index contributed by atoms with van der Waals surface area (Å²) in [6.45, 7) is 6.21. The van der Waals surface area contributed by atoms with Crippen molar-refractivity contribution in [1.29, 1.82) is 0 Å². The third kappa shape index (κ3) is 4.75. The maximum Gasteiger partial charge on any atom is 0.307 e. The predicted octanol–water partition coefficient (Wildman–Crippen LogP) is 2.68. The molecular weight excluding hydrogens is 238 g/mol. The van der Waals surface area contributed by atoms with Crippen LogP contribution in [0.15, 0.2) is 18.2 Å². The van der Waals surface area contributed by atoms with Crippen molar-refractivity contribution in [3.63, 3.8) is 0 Å². The van der Waals surface area contributed by atoms with Crippen molar-refractivity contribution in [1.82, 2.24) is 0 Å². The molecule has 1 aromatic rings. The average Bonchev–Trinajstić information content (AvgIpc) is 2.21. The lowest BCUT2D eigenvalue weighted by Gasteiger charge is -2.14. The molecule has 0 fully saturated rings. The quantitative estimate of drug-likeness (QED) is 0.844. The second-order valence-corrected chi connectivity index (χ2v) is 3.98. The minimum atomic E-state index is -0.279. The molecule has 17 heavy (non-hydrogen) atoms. The first-order valence-corrected chi connectivity index (χ1v) is 5.53. The Balaban J connectivity index is 0.00000256. The van der Waals surface area contributed by atoms with Gasteiger partial charge in [0.05, 0.1) is 13.0 Å². The van der Waals surface area contributed by atoms with Crippen LogP contribution in [0.1, 0.15) is 36.1 Å². The third-order valence-electron chi connectivity index (χ3n) is 2.53. The van der Waals surface area contributed by atoms with Gasteiger partial charge in [-0.2, -0.15) is 0 Å². The lowest BCUT2D eigenvalue weighted by molar-refractivity contribution is -0.143. The molecule has 96 valence electrons. The molecule has 0 heterocycles. The lowest BCUT2D eigenvalue weighted by Crippen LogP contribution is -2.18. The van der Waals surface area contributed by atoms with Crippen LogP contribution in [0.2, 0.25) is 0 Å². The van der Waals surface area contributed by atoms with Crippen LogP contribution in [0, 0.1) is 13.8 Å². The summed E-state index contributed by atoms with van der Waals surface area (Å²) in [4.78, 5) is 11.3. The molecule has 4 heteroatoms. The summed E-state index contributed by atoms with van der Waals surface area (Å²) in [5, 5.41) is 0. The van der Waals surface area contributed by atoms with Crippen LogP contribution in [0.5, 0.6) is 0 Å². The first-order valence-electron chi connectivity index (χ1n) is 5.53. The van der Waals surface area contributed by atoms with E-state index in [0.717, 1.165) is 16.7 Å². The molecule has 0 spiro atoms. The van der Waals surface area contributed by atoms with Gasteiger partial charge in [-0.25, -0.2) is 0 Å². The number of carbonyl (C=O) groups is 1. The first kappa shape index (κ1) is 15.9. The highest BCUT2D eigenvalue weighted by Crippen LogP contribution is 2.20. The number of halogens is 1. The van der Waals surface area contributed by atoms with E-state index in [-0.39, 0.29) is 30.8 Å². The Hall–Kier alpha value is -1.06. The van der Waals surface area contributed by atoms with E-state index in [1.165, 1.54) is 0 Å². The Morgan fingerprint density at radius 3 is 2.65 bits per heavy atom. The number of carbonyl (C=O) groups excluding carboxylic acids is 1. The number of ether oxygens (including phenoxy) is 1. The number of aryl methyl sites for hydroxylation is 2. The van der Waals surface area contributed by atoms with Crippen molar-refractivity contribution in [2.24, 2.45) is 5.73 Å². The van der Waals surface area contributed by atoms with E-state index in [9.17, 15) is 4.79 Å². The van der Waals surface area contributed by atoms with E-state index < -0.39 is 0 Å². The zero-order valence-electron chi connectivity index (χ0n) is 10.5. The molecule has 0 amide bonds. The maximum absolute atomic E-state index is 11.3. The minimum absolute atomic E-state index is 0. The number of hydrogen-bond donors (Lipinski definition) is 1. The minimum Gasteiger partial charge on any atom is -0.466 e. The van der Waals surface area contributed by atoms with Gasteiger partial charge in [0.25, 0.3) is 0 Å². The van der Waals surface area contributed by atoms with Gasteiger partial charge in [-0.15, -0.1) is 12.4 Å². The molecule has 0 radical (unpaired) electrons. The molecule has 0 saturated carbocycles. The monoisotopic (exact) mass is 257 g/mol. The number of nitrogens with two attached hydrogens (primary N) is 1. The second kappa shape index (κ2) is 7.30. The smallest absolute Gasteiger partial charge is 0.307 e. The summed E-state index contributed by atoms with van der Waals surface area (Å²) in [6, 6.07) is 5.81. The zero-order chi connectivity index (χ0) is 12.1. The van der Waals surface area contributed by atoms with Crippen LogP contribution in [0.4, 0.5) is 0 Å². The Kier molecular flexibility index (Phi) is 6.85. The predicted molar refractivity (Wildman–Crippen MR) is 71.3 cm³/mol. The second-order valence-electron chi connectivity index (χ2n) is 3.98. The van der Waals surface area contributed by atoms with Gasteiger partial charge >= 0.3 is 5.97 Å². The highest BCUT2D eigenvalue weighted by molar-refractivity contribution is 5.85. The van der Waals surface area contributed by atoms with Gasteiger partial charge in [0.15, 0.2) is 0 Å². The maximum atomic E-state index is 11.3. The van der Waals surface area contributed by atoms with E-state index in [1.807, 2.05) is 32.0 Å². The van der Waals surface area contributed by atoms with Gasteiger partial charge in [-0.1, -0.05) is 23.8 Å². The number of rotatable bonds is 4. The van der Waals surface area contributed by atoms with Gasteiger partial charge in [0.2, 0.25) is 0 Å². The van der Waals surface area contributed by atoms with Crippen LogP contribution < -0.4 is 5.73 Å².